The number of nitrogens with one attached hydrogen (secondary N) is 1. The Hall–Kier alpha value is -3.16. The zero-order valence-corrected chi connectivity index (χ0v) is 13.7. The molecular formula is C18H15F3N2O3. The van der Waals surface area contributed by atoms with E-state index >= 15 is 0 Å². The van der Waals surface area contributed by atoms with Crippen LogP contribution in [0.2, 0.25) is 0 Å². The summed E-state index contributed by atoms with van der Waals surface area (Å²) < 4.78 is 42.9. The van der Waals surface area contributed by atoms with Gasteiger partial charge in [0.25, 0.3) is 0 Å². The Labute approximate surface area is 147 Å². The molecule has 0 heterocycles. The fourth-order valence-corrected chi connectivity index (χ4v) is 2.09. The molecule has 5 nitrogen and oxygen atoms in total. The van der Waals surface area contributed by atoms with Crippen molar-refractivity contribution in [3.05, 3.63) is 65.2 Å². The smallest absolute Gasteiger partial charge is 0.416 e. The summed E-state index contributed by atoms with van der Waals surface area (Å²) in [7, 11) is 0. The van der Waals surface area contributed by atoms with Crippen molar-refractivity contribution in [1.29, 1.82) is 0 Å². The summed E-state index contributed by atoms with van der Waals surface area (Å²) in [5.74, 6) is -0.693. The second kappa shape index (κ2) is 8.28. The third-order valence-electron chi connectivity index (χ3n) is 3.14. The van der Waals surface area contributed by atoms with Crippen LogP contribution in [0.1, 0.15) is 23.6 Å². The SMILES string of the molecule is CC(=O)Oc1cccc(/C=N\NC(=O)Cc2cccc(C(F)(F)F)c2)c1. The first-order valence-electron chi connectivity index (χ1n) is 7.50. The maximum absolute atomic E-state index is 12.7. The minimum Gasteiger partial charge on any atom is -0.427 e. The molecule has 0 radical (unpaired) electrons. The number of ether oxygens (including phenoxy) is 1. The molecule has 2 rings (SSSR count). The Morgan fingerprint density at radius 3 is 2.58 bits per heavy atom. The standard InChI is InChI=1S/C18H15F3N2O3/c1-12(24)26-16-7-3-5-14(9-16)11-22-23-17(25)10-13-4-2-6-15(8-13)18(19,20)21/h2-9,11H,10H2,1H3,(H,23,25)/b22-11-. The molecule has 2 aromatic carbocycles. The molecule has 2 aromatic rings. The summed E-state index contributed by atoms with van der Waals surface area (Å²) in [5, 5.41) is 3.74. The molecule has 0 aromatic heterocycles. The summed E-state index contributed by atoms with van der Waals surface area (Å²) in [6, 6.07) is 11.0. The minimum atomic E-state index is -4.46. The molecule has 136 valence electrons. The number of nitrogens with zero attached hydrogens (tertiary/aromatic N) is 1. The highest BCUT2D eigenvalue weighted by molar-refractivity contribution is 5.84. The van der Waals surface area contributed by atoms with Gasteiger partial charge in [0, 0.05) is 6.92 Å². The van der Waals surface area contributed by atoms with Crippen LogP contribution in [0, 0.1) is 0 Å². The zero-order valence-electron chi connectivity index (χ0n) is 13.7. The van der Waals surface area contributed by atoms with Crippen LogP contribution < -0.4 is 10.2 Å². The van der Waals surface area contributed by atoms with E-state index in [9.17, 15) is 22.8 Å². The summed E-state index contributed by atoms with van der Waals surface area (Å²) in [6.07, 6.45) is -3.37. The van der Waals surface area contributed by atoms with E-state index in [0.29, 0.717) is 11.3 Å². The van der Waals surface area contributed by atoms with Gasteiger partial charge in [0.15, 0.2) is 0 Å². The maximum atomic E-state index is 12.7. The quantitative estimate of drug-likeness (QED) is 0.383. The van der Waals surface area contributed by atoms with Gasteiger partial charge in [0.2, 0.25) is 5.91 Å². The van der Waals surface area contributed by atoms with Crippen molar-refractivity contribution in [3.63, 3.8) is 0 Å². The number of hydrogen-bond acceptors (Lipinski definition) is 4. The van der Waals surface area contributed by atoms with E-state index in [2.05, 4.69) is 10.5 Å². The van der Waals surface area contributed by atoms with Gasteiger partial charge in [-0.15, -0.1) is 0 Å². The number of esters is 1. The molecular weight excluding hydrogens is 349 g/mol. The average molecular weight is 364 g/mol. The van der Waals surface area contributed by atoms with E-state index in [1.807, 2.05) is 0 Å². The molecule has 0 spiro atoms. The number of halogens is 3. The third kappa shape index (κ3) is 6.04. The molecule has 0 saturated heterocycles. The molecule has 0 aliphatic carbocycles. The average Bonchev–Trinajstić information content (AvgIpc) is 2.54. The van der Waals surface area contributed by atoms with Crippen molar-refractivity contribution >= 4 is 18.1 Å². The molecule has 1 N–H and O–H groups in total. The predicted molar refractivity (Wildman–Crippen MR) is 88.6 cm³/mol. The van der Waals surface area contributed by atoms with Crippen molar-refractivity contribution in [2.45, 2.75) is 19.5 Å². The van der Waals surface area contributed by atoms with Gasteiger partial charge < -0.3 is 4.74 Å². The number of alkyl halides is 3. The fraction of sp³-hybridized carbons (Fsp3) is 0.167. The highest BCUT2D eigenvalue weighted by Gasteiger charge is 2.30. The second-order valence-corrected chi connectivity index (χ2v) is 5.33. The summed E-state index contributed by atoms with van der Waals surface area (Å²) in [6.45, 7) is 1.27. The Bertz CT molecular complexity index is 832. The summed E-state index contributed by atoms with van der Waals surface area (Å²) in [5.41, 5.74) is 2.23. The highest BCUT2D eigenvalue weighted by atomic mass is 19.4. The van der Waals surface area contributed by atoms with Gasteiger partial charge in [-0.3, -0.25) is 9.59 Å². The minimum absolute atomic E-state index is 0.226. The van der Waals surface area contributed by atoms with Gasteiger partial charge >= 0.3 is 12.1 Å². The Morgan fingerprint density at radius 1 is 1.15 bits per heavy atom. The Balaban J connectivity index is 1.95. The topological polar surface area (TPSA) is 67.8 Å². The molecule has 0 unspecified atom stereocenters. The van der Waals surface area contributed by atoms with Gasteiger partial charge in [-0.25, -0.2) is 5.43 Å². The second-order valence-electron chi connectivity index (χ2n) is 5.33. The van der Waals surface area contributed by atoms with Crippen molar-refractivity contribution in [1.82, 2.24) is 5.43 Å². The predicted octanol–water partition coefficient (Wildman–Crippen LogP) is 3.32. The number of rotatable bonds is 5. The van der Waals surface area contributed by atoms with Gasteiger partial charge in [-0.1, -0.05) is 30.3 Å². The van der Waals surface area contributed by atoms with Crippen molar-refractivity contribution < 1.29 is 27.5 Å². The lowest BCUT2D eigenvalue weighted by Crippen LogP contribution is -2.20. The van der Waals surface area contributed by atoms with E-state index in [1.165, 1.54) is 25.3 Å². The van der Waals surface area contributed by atoms with Crippen LogP contribution in [0.5, 0.6) is 5.75 Å². The van der Waals surface area contributed by atoms with Crippen LogP contribution in [0.3, 0.4) is 0 Å². The molecule has 8 heteroatoms. The van der Waals surface area contributed by atoms with E-state index < -0.39 is 23.6 Å². The van der Waals surface area contributed by atoms with Crippen LogP contribution in [0.15, 0.2) is 53.6 Å². The number of benzene rings is 2. The van der Waals surface area contributed by atoms with Crippen molar-refractivity contribution in [3.8, 4) is 5.75 Å². The van der Waals surface area contributed by atoms with Crippen LogP contribution in [0.4, 0.5) is 13.2 Å². The van der Waals surface area contributed by atoms with Crippen molar-refractivity contribution in [2.24, 2.45) is 5.10 Å². The molecule has 1 amide bonds. The molecule has 0 fully saturated rings. The van der Waals surface area contributed by atoms with Crippen LogP contribution in [-0.2, 0) is 22.2 Å². The first kappa shape index (κ1) is 19.2. The number of hydrogen-bond donors (Lipinski definition) is 1. The zero-order chi connectivity index (χ0) is 19.2. The summed E-state index contributed by atoms with van der Waals surface area (Å²) in [4.78, 5) is 22.7. The lowest BCUT2D eigenvalue weighted by molar-refractivity contribution is -0.137. The van der Waals surface area contributed by atoms with E-state index in [1.54, 1.807) is 24.3 Å². The van der Waals surface area contributed by atoms with Gasteiger partial charge in [0.1, 0.15) is 5.75 Å². The van der Waals surface area contributed by atoms with Gasteiger partial charge in [-0.2, -0.15) is 18.3 Å². The Morgan fingerprint density at radius 2 is 1.88 bits per heavy atom. The first-order valence-corrected chi connectivity index (χ1v) is 7.50. The first-order chi connectivity index (χ1) is 12.2. The number of amides is 1. The highest BCUT2D eigenvalue weighted by Crippen LogP contribution is 2.29. The third-order valence-corrected chi connectivity index (χ3v) is 3.14. The maximum Gasteiger partial charge on any atom is 0.416 e. The van der Waals surface area contributed by atoms with Gasteiger partial charge in [0.05, 0.1) is 18.2 Å². The molecule has 0 saturated carbocycles. The fourth-order valence-electron chi connectivity index (χ4n) is 2.09. The lowest BCUT2D eigenvalue weighted by Gasteiger charge is -2.08. The molecule has 0 atom stereocenters. The van der Waals surface area contributed by atoms with Crippen molar-refractivity contribution in [2.75, 3.05) is 0 Å². The molecule has 0 bridgehead atoms. The summed E-state index contributed by atoms with van der Waals surface area (Å²) >= 11 is 0. The van der Waals surface area contributed by atoms with E-state index in [4.69, 9.17) is 4.74 Å². The molecule has 0 aliphatic heterocycles. The van der Waals surface area contributed by atoms with E-state index in [0.717, 1.165) is 12.1 Å². The number of hydrazone groups is 1. The normalized spacial score (nSPS) is 11.4. The number of carbonyl (C=O) groups is 2. The van der Waals surface area contributed by atoms with E-state index in [-0.39, 0.29) is 12.0 Å². The largest absolute Gasteiger partial charge is 0.427 e. The molecule has 0 aliphatic rings. The van der Waals surface area contributed by atoms with Crippen LogP contribution >= 0.6 is 0 Å². The monoisotopic (exact) mass is 364 g/mol. The number of carbonyl (C=O) groups excluding carboxylic acids is 2. The van der Waals surface area contributed by atoms with Gasteiger partial charge in [-0.05, 0) is 29.3 Å². The molecule has 26 heavy (non-hydrogen) atoms. The van der Waals surface area contributed by atoms with Crippen LogP contribution in [0.25, 0.3) is 0 Å². The Kier molecular flexibility index (Phi) is 6.11. The lowest BCUT2D eigenvalue weighted by atomic mass is 10.1. The van der Waals surface area contributed by atoms with Crippen LogP contribution in [-0.4, -0.2) is 18.1 Å².